The summed E-state index contributed by atoms with van der Waals surface area (Å²) >= 11 is 6.18. The van der Waals surface area contributed by atoms with Crippen molar-refractivity contribution in [3.05, 3.63) is 46.2 Å². The van der Waals surface area contributed by atoms with Gasteiger partial charge in [-0.05, 0) is 58.9 Å². The second kappa shape index (κ2) is 7.50. The van der Waals surface area contributed by atoms with E-state index in [4.69, 9.17) is 16.3 Å². The highest BCUT2D eigenvalue weighted by Gasteiger charge is 2.20. The van der Waals surface area contributed by atoms with Gasteiger partial charge in [0.15, 0.2) is 0 Å². The fourth-order valence-corrected chi connectivity index (χ4v) is 2.60. The number of carbonyl (C=O) groups is 2. The molecular weight excluding hydrogens is 354 g/mol. The van der Waals surface area contributed by atoms with Crippen molar-refractivity contribution < 1.29 is 14.3 Å². The molecule has 1 heterocycles. The lowest BCUT2D eigenvalue weighted by Gasteiger charge is -2.22. The lowest BCUT2D eigenvalue weighted by molar-refractivity contribution is -0.155. The number of amides is 1. The lowest BCUT2D eigenvalue weighted by Crippen LogP contribution is -2.36. The van der Waals surface area contributed by atoms with Crippen LogP contribution in [0.3, 0.4) is 0 Å². The van der Waals surface area contributed by atoms with E-state index in [2.05, 4.69) is 5.10 Å². The van der Waals surface area contributed by atoms with Crippen LogP contribution in [0.1, 0.15) is 42.5 Å². The van der Waals surface area contributed by atoms with E-state index in [0.717, 1.165) is 17.1 Å². The van der Waals surface area contributed by atoms with Crippen molar-refractivity contribution in [2.75, 3.05) is 13.6 Å². The molecule has 0 fully saturated rings. The van der Waals surface area contributed by atoms with E-state index in [9.17, 15) is 9.59 Å². The number of benzene rings is 1. The average molecular weight is 378 g/mol. The van der Waals surface area contributed by atoms with Crippen LogP contribution in [0.15, 0.2) is 24.3 Å². The predicted octanol–water partition coefficient (Wildman–Crippen LogP) is 3.56. The molecular formula is C19H24ClN3O3. The minimum Gasteiger partial charge on any atom is -0.459 e. The Labute approximate surface area is 158 Å². The van der Waals surface area contributed by atoms with Crippen LogP contribution in [-0.2, 0) is 9.53 Å². The Bertz CT molecular complexity index is 820. The Balaban J connectivity index is 2.11. The predicted molar refractivity (Wildman–Crippen MR) is 101 cm³/mol. The molecule has 0 bridgehead atoms. The summed E-state index contributed by atoms with van der Waals surface area (Å²) in [7, 11) is 1.57. The summed E-state index contributed by atoms with van der Waals surface area (Å²) in [6.45, 7) is 8.99. The first-order chi connectivity index (χ1) is 12.0. The second-order valence-corrected chi connectivity index (χ2v) is 7.57. The summed E-state index contributed by atoms with van der Waals surface area (Å²) < 4.78 is 6.97. The number of aromatic nitrogens is 2. The van der Waals surface area contributed by atoms with Crippen molar-refractivity contribution in [1.29, 1.82) is 0 Å². The maximum absolute atomic E-state index is 12.5. The van der Waals surface area contributed by atoms with Gasteiger partial charge in [-0.3, -0.25) is 9.59 Å². The topological polar surface area (TPSA) is 64.4 Å². The third kappa shape index (κ3) is 4.64. The van der Waals surface area contributed by atoms with Crippen LogP contribution in [0, 0.1) is 13.8 Å². The van der Waals surface area contributed by atoms with Gasteiger partial charge in [0.05, 0.1) is 22.1 Å². The molecule has 1 aromatic carbocycles. The molecule has 0 N–H and O–H groups in total. The third-order valence-corrected chi connectivity index (χ3v) is 4.24. The average Bonchev–Trinajstić information content (AvgIpc) is 2.80. The number of nitrogens with zero attached hydrogens (tertiary/aromatic N) is 3. The quantitative estimate of drug-likeness (QED) is 0.764. The zero-order valence-electron chi connectivity index (χ0n) is 16.0. The van der Waals surface area contributed by atoms with E-state index >= 15 is 0 Å². The number of esters is 1. The van der Waals surface area contributed by atoms with Crippen molar-refractivity contribution in [3.8, 4) is 5.69 Å². The van der Waals surface area contributed by atoms with Gasteiger partial charge in [0.2, 0.25) is 0 Å². The Hall–Kier alpha value is -2.34. The van der Waals surface area contributed by atoms with E-state index in [1.54, 1.807) is 56.8 Å². The molecule has 0 aliphatic heterocycles. The van der Waals surface area contributed by atoms with Crippen LogP contribution in [-0.4, -0.2) is 45.8 Å². The minimum absolute atomic E-state index is 0.106. The van der Waals surface area contributed by atoms with Crippen LogP contribution in [0.4, 0.5) is 0 Å². The van der Waals surface area contributed by atoms with E-state index in [-0.39, 0.29) is 12.5 Å². The molecule has 0 radical (unpaired) electrons. The molecule has 0 saturated carbocycles. The number of hydrogen-bond acceptors (Lipinski definition) is 4. The summed E-state index contributed by atoms with van der Waals surface area (Å²) in [6, 6.07) is 7.00. The molecule has 6 nitrogen and oxygen atoms in total. The SMILES string of the molecule is Cc1nn(-c2ccc(C(=O)N(C)CC(=O)OC(C)(C)C)cc2)c(C)c1Cl. The van der Waals surface area contributed by atoms with Gasteiger partial charge in [0.25, 0.3) is 5.91 Å². The van der Waals surface area contributed by atoms with Gasteiger partial charge in [-0.1, -0.05) is 11.6 Å². The Kier molecular flexibility index (Phi) is 5.76. The number of rotatable bonds is 4. The second-order valence-electron chi connectivity index (χ2n) is 7.19. The fourth-order valence-electron chi connectivity index (χ4n) is 2.48. The number of carbonyl (C=O) groups excluding carboxylic acids is 2. The summed E-state index contributed by atoms with van der Waals surface area (Å²) in [5.41, 5.74) is 2.30. The number of ether oxygens (including phenoxy) is 1. The largest absolute Gasteiger partial charge is 0.459 e. The number of likely N-dealkylation sites (N-methyl/N-ethyl adjacent to an activating group) is 1. The van der Waals surface area contributed by atoms with Gasteiger partial charge in [-0.2, -0.15) is 5.10 Å². The summed E-state index contributed by atoms with van der Waals surface area (Å²) in [4.78, 5) is 25.7. The van der Waals surface area contributed by atoms with Crippen molar-refractivity contribution >= 4 is 23.5 Å². The molecule has 0 unspecified atom stereocenters. The first kappa shape index (κ1) is 20.0. The van der Waals surface area contributed by atoms with E-state index in [1.807, 2.05) is 13.8 Å². The first-order valence-electron chi connectivity index (χ1n) is 8.29. The Morgan fingerprint density at radius 1 is 1.19 bits per heavy atom. The molecule has 0 atom stereocenters. The highest BCUT2D eigenvalue weighted by Crippen LogP contribution is 2.22. The van der Waals surface area contributed by atoms with Gasteiger partial charge in [0, 0.05) is 12.6 Å². The molecule has 7 heteroatoms. The monoisotopic (exact) mass is 377 g/mol. The highest BCUT2D eigenvalue weighted by molar-refractivity contribution is 6.31. The molecule has 0 aliphatic carbocycles. The fraction of sp³-hybridized carbons (Fsp3) is 0.421. The number of aryl methyl sites for hydroxylation is 1. The Morgan fingerprint density at radius 3 is 2.23 bits per heavy atom. The molecule has 2 aromatic rings. The molecule has 0 saturated heterocycles. The molecule has 2 rings (SSSR count). The van der Waals surface area contributed by atoms with Crippen LogP contribution in [0.2, 0.25) is 5.02 Å². The van der Waals surface area contributed by atoms with Crippen LogP contribution < -0.4 is 0 Å². The molecule has 0 spiro atoms. The summed E-state index contributed by atoms with van der Waals surface area (Å²) in [5, 5.41) is 5.02. The Morgan fingerprint density at radius 2 is 1.77 bits per heavy atom. The van der Waals surface area contributed by atoms with Gasteiger partial charge in [-0.25, -0.2) is 4.68 Å². The summed E-state index contributed by atoms with van der Waals surface area (Å²) in [6.07, 6.45) is 0. The van der Waals surface area contributed by atoms with Crippen LogP contribution in [0.25, 0.3) is 5.69 Å². The van der Waals surface area contributed by atoms with E-state index in [1.165, 1.54) is 4.90 Å². The van der Waals surface area contributed by atoms with Gasteiger partial charge >= 0.3 is 5.97 Å². The molecule has 140 valence electrons. The standard InChI is InChI=1S/C19H24ClN3O3/c1-12-17(20)13(2)23(21-12)15-9-7-14(8-10-15)18(25)22(6)11-16(24)26-19(3,4)5/h7-10H,11H2,1-6H3. The zero-order valence-corrected chi connectivity index (χ0v) is 16.7. The molecule has 26 heavy (non-hydrogen) atoms. The van der Waals surface area contributed by atoms with E-state index in [0.29, 0.717) is 10.6 Å². The van der Waals surface area contributed by atoms with Crippen molar-refractivity contribution in [3.63, 3.8) is 0 Å². The van der Waals surface area contributed by atoms with Crippen molar-refractivity contribution in [2.24, 2.45) is 0 Å². The van der Waals surface area contributed by atoms with Crippen molar-refractivity contribution in [2.45, 2.75) is 40.2 Å². The van der Waals surface area contributed by atoms with Gasteiger partial charge in [-0.15, -0.1) is 0 Å². The zero-order chi connectivity index (χ0) is 19.6. The van der Waals surface area contributed by atoms with Crippen molar-refractivity contribution in [1.82, 2.24) is 14.7 Å². The summed E-state index contributed by atoms with van der Waals surface area (Å²) in [5.74, 6) is -0.698. The molecule has 1 aromatic heterocycles. The highest BCUT2D eigenvalue weighted by atomic mass is 35.5. The third-order valence-electron chi connectivity index (χ3n) is 3.69. The molecule has 0 aliphatic rings. The normalized spacial score (nSPS) is 11.3. The van der Waals surface area contributed by atoms with Gasteiger partial charge < -0.3 is 9.64 Å². The van der Waals surface area contributed by atoms with E-state index < -0.39 is 11.6 Å². The lowest BCUT2D eigenvalue weighted by atomic mass is 10.2. The van der Waals surface area contributed by atoms with Crippen LogP contribution in [0.5, 0.6) is 0 Å². The minimum atomic E-state index is -0.580. The smallest absolute Gasteiger partial charge is 0.326 e. The molecule has 1 amide bonds. The number of halogens is 1. The first-order valence-corrected chi connectivity index (χ1v) is 8.67. The van der Waals surface area contributed by atoms with Crippen LogP contribution >= 0.6 is 11.6 Å². The maximum Gasteiger partial charge on any atom is 0.326 e. The maximum atomic E-state index is 12.5. The van der Waals surface area contributed by atoms with Gasteiger partial charge in [0.1, 0.15) is 12.1 Å². The number of hydrogen-bond donors (Lipinski definition) is 0.